The Morgan fingerprint density at radius 1 is 1.09 bits per heavy atom. The van der Waals surface area contributed by atoms with Crippen molar-refractivity contribution in [1.82, 2.24) is 9.38 Å². The van der Waals surface area contributed by atoms with Crippen LogP contribution in [-0.4, -0.2) is 9.38 Å². The van der Waals surface area contributed by atoms with E-state index in [0.717, 1.165) is 6.07 Å². The Balaban J connectivity index is 1.90. The Hall–Kier alpha value is -2.70. The molecule has 0 aliphatic carbocycles. The van der Waals surface area contributed by atoms with Gasteiger partial charge in [0, 0.05) is 0 Å². The van der Waals surface area contributed by atoms with Crippen molar-refractivity contribution in [3.05, 3.63) is 59.9 Å². The quantitative estimate of drug-likeness (QED) is 0.805. The summed E-state index contributed by atoms with van der Waals surface area (Å²) >= 11 is 0. The number of rotatable bonds is 3. The number of hydrogen-bond acceptors (Lipinski definition) is 3. The second-order valence-electron chi connectivity index (χ2n) is 4.68. The first-order valence-corrected chi connectivity index (χ1v) is 6.46. The first-order valence-electron chi connectivity index (χ1n) is 6.46. The van der Waals surface area contributed by atoms with Gasteiger partial charge in [-0.25, -0.2) is 4.98 Å². The van der Waals surface area contributed by atoms with Gasteiger partial charge in [0.1, 0.15) is 23.8 Å². The van der Waals surface area contributed by atoms with E-state index in [-0.39, 0.29) is 12.4 Å². The third kappa shape index (κ3) is 2.57. The molecule has 22 heavy (non-hydrogen) atoms. The van der Waals surface area contributed by atoms with Crippen LogP contribution in [0.25, 0.3) is 5.65 Å². The molecule has 0 amide bonds. The predicted octanol–water partition coefficient (Wildman–Crippen LogP) is 3.51. The van der Waals surface area contributed by atoms with Crippen molar-refractivity contribution in [3.63, 3.8) is 0 Å². The standard InChI is InChI=1S/C15H12F3N3O/c16-15(17,18)11-4-1-2-5-12(11)22-9-10-8-20-14-7-3-6-13(19)21(10)14/h1-8H,9,19H2. The van der Waals surface area contributed by atoms with Crippen LogP contribution in [0.15, 0.2) is 48.7 Å². The van der Waals surface area contributed by atoms with Gasteiger partial charge in [0.05, 0.1) is 17.5 Å². The number of imidazole rings is 1. The molecule has 0 spiro atoms. The zero-order valence-corrected chi connectivity index (χ0v) is 11.3. The molecular weight excluding hydrogens is 295 g/mol. The highest BCUT2D eigenvalue weighted by atomic mass is 19.4. The smallest absolute Gasteiger partial charge is 0.419 e. The minimum atomic E-state index is -4.46. The van der Waals surface area contributed by atoms with Crippen LogP contribution in [0, 0.1) is 0 Å². The van der Waals surface area contributed by atoms with Gasteiger partial charge in [-0.15, -0.1) is 0 Å². The summed E-state index contributed by atoms with van der Waals surface area (Å²) in [5, 5.41) is 0. The van der Waals surface area contributed by atoms with Crippen molar-refractivity contribution in [2.45, 2.75) is 12.8 Å². The molecule has 7 heteroatoms. The SMILES string of the molecule is Nc1cccc2ncc(COc3ccccc3C(F)(F)F)n12. The fourth-order valence-corrected chi connectivity index (χ4v) is 2.21. The van der Waals surface area contributed by atoms with Gasteiger partial charge in [0.15, 0.2) is 0 Å². The van der Waals surface area contributed by atoms with Gasteiger partial charge in [-0.3, -0.25) is 4.40 Å². The predicted molar refractivity (Wildman–Crippen MR) is 75.4 cm³/mol. The molecule has 0 radical (unpaired) electrons. The van der Waals surface area contributed by atoms with Gasteiger partial charge in [-0.2, -0.15) is 13.2 Å². The maximum atomic E-state index is 12.9. The van der Waals surface area contributed by atoms with Gasteiger partial charge < -0.3 is 10.5 Å². The fraction of sp³-hybridized carbons (Fsp3) is 0.133. The maximum Gasteiger partial charge on any atom is 0.419 e. The van der Waals surface area contributed by atoms with Gasteiger partial charge in [0.25, 0.3) is 0 Å². The second kappa shape index (κ2) is 5.25. The Kier molecular flexibility index (Phi) is 3.40. The topological polar surface area (TPSA) is 52.5 Å². The van der Waals surface area contributed by atoms with Crippen LogP contribution in [0.1, 0.15) is 11.3 Å². The maximum absolute atomic E-state index is 12.9. The highest BCUT2D eigenvalue weighted by Crippen LogP contribution is 2.36. The van der Waals surface area contributed by atoms with Crippen molar-refractivity contribution in [2.24, 2.45) is 0 Å². The fourth-order valence-electron chi connectivity index (χ4n) is 2.21. The van der Waals surface area contributed by atoms with Crippen LogP contribution in [-0.2, 0) is 12.8 Å². The first-order chi connectivity index (χ1) is 10.5. The summed E-state index contributed by atoms with van der Waals surface area (Å²) in [6.07, 6.45) is -2.93. The number of nitrogen functional groups attached to an aromatic ring is 1. The number of aromatic nitrogens is 2. The van der Waals surface area contributed by atoms with E-state index in [1.165, 1.54) is 24.4 Å². The van der Waals surface area contributed by atoms with Crippen LogP contribution < -0.4 is 10.5 Å². The Morgan fingerprint density at radius 3 is 2.64 bits per heavy atom. The third-order valence-electron chi connectivity index (χ3n) is 3.20. The molecule has 0 bridgehead atoms. The number of anilines is 1. The first kappa shape index (κ1) is 14.2. The monoisotopic (exact) mass is 307 g/mol. The van der Waals surface area contributed by atoms with Crippen LogP contribution in [0.5, 0.6) is 5.75 Å². The largest absolute Gasteiger partial charge is 0.487 e. The summed E-state index contributed by atoms with van der Waals surface area (Å²) in [7, 11) is 0. The number of hydrogen-bond donors (Lipinski definition) is 1. The lowest BCUT2D eigenvalue weighted by Gasteiger charge is -2.13. The van der Waals surface area contributed by atoms with Crippen molar-refractivity contribution >= 4 is 11.5 Å². The van der Waals surface area contributed by atoms with E-state index >= 15 is 0 Å². The Labute approximate surface area is 124 Å². The highest BCUT2D eigenvalue weighted by Gasteiger charge is 2.34. The number of alkyl halides is 3. The average Bonchev–Trinajstić information content (AvgIpc) is 2.89. The zero-order valence-electron chi connectivity index (χ0n) is 11.3. The molecule has 0 saturated heterocycles. The average molecular weight is 307 g/mol. The van der Waals surface area contributed by atoms with E-state index in [0.29, 0.717) is 17.2 Å². The molecule has 3 rings (SSSR count). The lowest BCUT2D eigenvalue weighted by Crippen LogP contribution is -2.09. The van der Waals surface area contributed by atoms with E-state index < -0.39 is 11.7 Å². The second-order valence-corrected chi connectivity index (χ2v) is 4.68. The number of ether oxygens (including phenoxy) is 1. The minimum absolute atomic E-state index is 0.0670. The van der Waals surface area contributed by atoms with E-state index in [4.69, 9.17) is 10.5 Å². The molecule has 2 N–H and O–H groups in total. The number of fused-ring (bicyclic) bond motifs is 1. The van der Waals surface area contributed by atoms with E-state index in [1.54, 1.807) is 22.6 Å². The number of nitrogens with two attached hydrogens (primary N) is 1. The molecule has 2 aromatic heterocycles. The summed E-state index contributed by atoms with van der Waals surface area (Å²) in [5.41, 5.74) is 6.24. The summed E-state index contributed by atoms with van der Waals surface area (Å²) in [4.78, 5) is 4.14. The molecule has 3 aromatic rings. The summed E-state index contributed by atoms with van der Waals surface area (Å²) < 4.78 is 45.7. The van der Waals surface area contributed by atoms with Crippen molar-refractivity contribution in [3.8, 4) is 5.75 Å². The normalized spacial score (nSPS) is 11.8. The number of nitrogens with zero attached hydrogens (tertiary/aromatic N) is 2. The molecule has 0 atom stereocenters. The summed E-state index contributed by atoms with van der Waals surface area (Å²) in [6, 6.07) is 10.3. The number of benzene rings is 1. The molecule has 0 unspecified atom stereocenters. The Bertz CT molecular complexity index is 811. The van der Waals surface area contributed by atoms with Crippen LogP contribution >= 0.6 is 0 Å². The number of para-hydroxylation sites is 1. The lowest BCUT2D eigenvalue weighted by atomic mass is 10.2. The number of halogens is 3. The summed E-state index contributed by atoms with van der Waals surface area (Å²) in [6.45, 7) is -0.0670. The molecule has 0 fully saturated rings. The molecule has 114 valence electrons. The lowest BCUT2D eigenvalue weighted by molar-refractivity contribution is -0.139. The highest BCUT2D eigenvalue weighted by molar-refractivity contribution is 5.49. The van der Waals surface area contributed by atoms with Crippen molar-refractivity contribution in [1.29, 1.82) is 0 Å². The zero-order chi connectivity index (χ0) is 15.7. The molecular formula is C15H12F3N3O. The molecule has 0 aliphatic rings. The van der Waals surface area contributed by atoms with Crippen molar-refractivity contribution < 1.29 is 17.9 Å². The van der Waals surface area contributed by atoms with Crippen LogP contribution in [0.3, 0.4) is 0 Å². The van der Waals surface area contributed by atoms with Gasteiger partial charge in [0.2, 0.25) is 0 Å². The molecule has 2 heterocycles. The van der Waals surface area contributed by atoms with Crippen LogP contribution in [0.2, 0.25) is 0 Å². The van der Waals surface area contributed by atoms with E-state index in [9.17, 15) is 13.2 Å². The minimum Gasteiger partial charge on any atom is -0.487 e. The molecule has 4 nitrogen and oxygen atoms in total. The molecule has 1 aromatic carbocycles. The van der Waals surface area contributed by atoms with Crippen LogP contribution in [0.4, 0.5) is 19.0 Å². The van der Waals surface area contributed by atoms with E-state index in [1.807, 2.05) is 0 Å². The van der Waals surface area contributed by atoms with Gasteiger partial charge >= 0.3 is 6.18 Å². The molecule has 0 aliphatic heterocycles. The van der Waals surface area contributed by atoms with Crippen molar-refractivity contribution in [2.75, 3.05) is 5.73 Å². The van der Waals surface area contributed by atoms with E-state index in [2.05, 4.69) is 4.98 Å². The molecule has 0 saturated carbocycles. The van der Waals surface area contributed by atoms with Gasteiger partial charge in [-0.1, -0.05) is 18.2 Å². The van der Waals surface area contributed by atoms with Gasteiger partial charge in [-0.05, 0) is 24.3 Å². The Morgan fingerprint density at radius 2 is 1.86 bits per heavy atom. The number of pyridine rings is 1. The summed E-state index contributed by atoms with van der Waals surface area (Å²) in [5.74, 6) is 0.220. The third-order valence-corrected chi connectivity index (χ3v) is 3.20.